The Morgan fingerprint density at radius 3 is 2.44 bits per heavy atom. The van der Waals surface area contributed by atoms with E-state index in [9.17, 15) is 14.7 Å². The molecule has 0 atom stereocenters. The van der Waals surface area contributed by atoms with Crippen molar-refractivity contribution < 1.29 is 14.6 Å². The normalized spacial score (nSPS) is 11.7. The Bertz CT molecular complexity index is 2190. The lowest BCUT2D eigenvalue weighted by Crippen LogP contribution is -2.21. The summed E-state index contributed by atoms with van der Waals surface area (Å²) in [6.45, 7) is 8.67. The molecule has 4 aromatic carbocycles. The van der Waals surface area contributed by atoms with Gasteiger partial charge in [0, 0.05) is 34.3 Å². The zero-order valence-corrected chi connectivity index (χ0v) is 25.9. The van der Waals surface area contributed by atoms with Crippen molar-refractivity contribution in [2.45, 2.75) is 40.2 Å². The van der Waals surface area contributed by atoms with Crippen LogP contribution in [0.25, 0.3) is 33.2 Å². The number of hydrogen-bond acceptors (Lipinski definition) is 5. The Kier molecular flexibility index (Phi) is 7.81. The Hall–Kier alpha value is -5.50. The van der Waals surface area contributed by atoms with Gasteiger partial charge < -0.3 is 14.4 Å². The van der Waals surface area contributed by atoms with Gasteiger partial charge in [0.15, 0.2) is 5.82 Å². The number of carboxylic acid groups (broad SMARTS) is 1. The van der Waals surface area contributed by atoms with E-state index in [1.807, 2.05) is 74.5 Å². The molecule has 0 amide bonds. The maximum atomic E-state index is 14.0. The van der Waals surface area contributed by atoms with Gasteiger partial charge in [-0.3, -0.25) is 4.79 Å². The quantitative estimate of drug-likeness (QED) is 0.184. The van der Waals surface area contributed by atoms with Gasteiger partial charge in [-0.05, 0) is 78.9 Å². The van der Waals surface area contributed by atoms with E-state index in [0.29, 0.717) is 23.3 Å². The van der Waals surface area contributed by atoms with E-state index in [1.54, 1.807) is 37.6 Å². The van der Waals surface area contributed by atoms with Crippen LogP contribution in [0.3, 0.4) is 0 Å². The molecule has 0 saturated carbocycles. The first-order chi connectivity index (χ1) is 21.7. The highest BCUT2D eigenvalue weighted by molar-refractivity contribution is 6.01. The second-order valence-electron chi connectivity index (χ2n) is 11.5. The Balaban J connectivity index is 1.54. The van der Waals surface area contributed by atoms with Crippen LogP contribution in [0.1, 0.15) is 58.1 Å². The van der Waals surface area contributed by atoms with Crippen molar-refractivity contribution in [2.75, 3.05) is 7.11 Å². The molecular weight excluding hydrogens is 564 g/mol. The summed E-state index contributed by atoms with van der Waals surface area (Å²) in [5.41, 5.74) is 6.96. The van der Waals surface area contributed by atoms with Crippen molar-refractivity contribution >= 4 is 34.0 Å². The number of carbonyl (C=O) groups is 1. The molecule has 0 aliphatic heterocycles. The van der Waals surface area contributed by atoms with E-state index in [0.717, 1.165) is 50.2 Å². The number of aryl methyl sites for hydroxylation is 1. The molecule has 6 rings (SSSR count). The van der Waals surface area contributed by atoms with E-state index >= 15 is 0 Å². The second kappa shape index (κ2) is 11.9. The maximum absolute atomic E-state index is 14.0. The van der Waals surface area contributed by atoms with Gasteiger partial charge in [0.05, 0.1) is 29.8 Å². The molecule has 8 nitrogen and oxygen atoms in total. The average molecular weight is 599 g/mol. The fourth-order valence-electron chi connectivity index (χ4n) is 5.90. The molecule has 45 heavy (non-hydrogen) atoms. The summed E-state index contributed by atoms with van der Waals surface area (Å²) < 4.78 is 9.21. The molecule has 0 fully saturated rings. The van der Waals surface area contributed by atoms with Gasteiger partial charge in [-0.15, -0.1) is 0 Å². The van der Waals surface area contributed by atoms with Gasteiger partial charge >= 0.3 is 5.97 Å². The Labute approximate surface area is 260 Å². The number of benzene rings is 4. The minimum Gasteiger partial charge on any atom is -0.496 e. The predicted molar refractivity (Wildman–Crippen MR) is 179 cm³/mol. The van der Waals surface area contributed by atoms with Crippen LogP contribution in [0.4, 0.5) is 0 Å². The first-order valence-electron chi connectivity index (χ1n) is 14.8. The SMILES string of the molecule is COc1cc(C)c(-c2nc3ccccc3c(=O)n2N=Cc2c(C)n(Cc3cccc(C(=O)O)c3)c3ccccc23)cc1C(C)C. The van der Waals surface area contributed by atoms with Gasteiger partial charge in [0.1, 0.15) is 5.75 Å². The van der Waals surface area contributed by atoms with Crippen LogP contribution < -0.4 is 10.3 Å². The van der Waals surface area contributed by atoms with E-state index in [2.05, 4.69) is 18.4 Å². The predicted octanol–water partition coefficient (Wildman–Crippen LogP) is 7.40. The minimum absolute atomic E-state index is 0.188. The van der Waals surface area contributed by atoms with Crippen LogP contribution >= 0.6 is 0 Å². The van der Waals surface area contributed by atoms with E-state index in [4.69, 9.17) is 14.8 Å². The van der Waals surface area contributed by atoms with Crippen LogP contribution in [0.5, 0.6) is 5.75 Å². The van der Waals surface area contributed by atoms with Crippen molar-refractivity contribution in [1.82, 2.24) is 14.2 Å². The van der Waals surface area contributed by atoms with Gasteiger partial charge in [-0.25, -0.2) is 9.78 Å². The number of aromatic carboxylic acids is 1. The molecule has 2 heterocycles. The lowest BCUT2D eigenvalue weighted by Gasteiger charge is -2.17. The smallest absolute Gasteiger partial charge is 0.335 e. The third kappa shape index (κ3) is 5.40. The highest BCUT2D eigenvalue weighted by atomic mass is 16.5. The van der Waals surface area contributed by atoms with Crippen LogP contribution in [-0.2, 0) is 6.54 Å². The molecule has 226 valence electrons. The van der Waals surface area contributed by atoms with Crippen molar-refractivity contribution in [3.63, 3.8) is 0 Å². The monoisotopic (exact) mass is 598 g/mol. The number of fused-ring (bicyclic) bond motifs is 2. The summed E-state index contributed by atoms with van der Waals surface area (Å²) in [5, 5.41) is 15.8. The van der Waals surface area contributed by atoms with Crippen LogP contribution in [0, 0.1) is 13.8 Å². The molecule has 0 saturated heterocycles. The third-order valence-electron chi connectivity index (χ3n) is 8.29. The maximum Gasteiger partial charge on any atom is 0.335 e. The second-order valence-corrected chi connectivity index (χ2v) is 11.5. The van der Waals surface area contributed by atoms with Crippen molar-refractivity contribution in [1.29, 1.82) is 0 Å². The van der Waals surface area contributed by atoms with Crippen molar-refractivity contribution in [2.24, 2.45) is 5.10 Å². The van der Waals surface area contributed by atoms with E-state index in [-0.39, 0.29) is 17.0 Å². The molecule has 0 aliphatic rings. The van der Waals surface area contributed by atoms with Gasteiger partial charge in [0.25, 0.3) is 5.56 Å². The largest absolute Gasteiger partial charge is 0.496 e. The first kappa shape index (κ1) is 29.6. The molecule has 0 aliphatic carbocycles. The van der Waals surface area contributed by atoms with Gasteiger partial charge in [-0.2, -0.15) is 9.78 Å². The number of hydrogen-bond donors (Lipinski definition) is 1. The lowest BCUT2D eigenvalue weighted by molar-refractivity contribution is 0.0696. The van der Waals surface area contributed by atoms with E-state index < -0.39 is 5.97 Å². The number of para-hydroxylation sites is 2. The Morgan fingerprint density at radius 2 is 1.71 bits per heavy atom. The molecule has 2 aromatic heterocycles. The summed E-state index contributed by atoms with van der Waals surface area (Å²) >= 11 is 0. The highest BCUT2D eigenvalue weighted by Crippen LogP contribution is 2.34. The fourth-order valence-corrected chi connectivity index (χ4v) is 5.90. The summed E-state index contributed by atoms with van der Waals surface area (Å²) in [7, 11) is 1.66. The summed E-state index contributed by atoms with van der Waals surface area (Å²) in [5.74, 6) is 0.468. The number of aromatic nitrogens is 3. The number of ether oxygens (including phenoxy) is 1. The van der Waals surface area contributed by atoms with Crippen LogP contribution in [0.2, 0.25) is 0 Å². The van der Waals surface area contributed by atoms with E-state index in [1.165, 1.54) is 4.68 Å². The molecule has 0 radical (unpaired) electrons. The first-order valence-corrected chi connectivity index (χ1v) is 14.8. The fraction of sp³-hybridized carbons (Fsp3) is 0.189. The molecule has 0 spiro atoms. The number of methoxy groups -OCH3 is 1. The van der Waals surface area contributed by atoms with Crippen molar-refractivity contribution in [3.05, 3.63) is 129 Å². The standard InChI is InChI=1S/C37H34N4O4/c1-22(2)29-19-30(23(3)17-34(29)45-5)35-39-32-15-8-6-14-28(32)36(42)41(35)38-20-31-24(4)40(33-16-9-7-13-27(31)33)21-25-11-10-12-26(18-25)37(43)44/h6-20,22H,21H2,1-5H3,(H,43,44). The highest BCUT2D eigenvalue weighted by Gasteiger charge is 2.19. The molecule has 0 bridgehead atoms. The molecular formula is C37H34N4O4. The van der Waals surface area contributed by atoms with Crippen LogP contribution in [0.15, 0.2) is 94.8 Å². The topological polar surface area (TPSA) is 98.7 Å². The van der Waals surface area contributed by atoms with Crippen LogP contribution in [-0.4, -0.2) is 38.6 Å². The summed E-state index contributed by atoms with van der Waals surface area (Å²) in [4.78, 5) is 30.6. The van der Waals surface area contributed by atoms with Gasteiger partial charge in [0.2, 0.25) is 0 Å². The number of rotatable bonds is 8. The molecule has 6 aromatic rings. The molecule has 8 heteroatoms. The third-order valence-corrected chi connectivity index (χ3v) is 8.29. The summed E-state index contributed by atoms with van der Waals surface area (Å²) in [6, 6.07) is 26.3. The van der Waals surface area contributed by atoms with Crippen molar-refractivity contribution in [3.8, 4) is 17.1 Å². The zero-order valence-electron chi connectivity index (χ0n) is 25.9. The minimum atomic E-state index is -0.961. The molecule has 1 N–H and O–H groups in total. The average Bonchev–Trinajstić information content (AvgIpc) is 3.30. The molecule has 0 unspecified atom stereocenters. The number of nitrogens with zero attached hydrogens (tertiary/aromatic N) is 4. The number of carboxylic acids is 1. The van der Waals surface area contributed by atoms with Gasteiger partial charge in [-0.1, -0.05) is 56.3 Å². The zero-order chi connectivity index (χ0) is 31.8. The Morgan fingerprint density at radius 1 is 0.978 bits per heavy atom. The summed E-state index contributed by atoms with van der Waals surface area (Å²) in [6.07, 6.45) is 1.73. The lowest BCUT2D eigenvalue weighted by atomic mass is 9.96.